The van der Waals surface area contributed by atoms with E-state index in [-0.39, 0.29) is 0 Å². The summed E-state index contributed by atoms with van der Waals surface area (Å²) in [5.41, 5.74) is 1.44. The average Bonchev–Trinajstić information content (AvgIpc) is 2.93. The molecule has 1 fully saturated rings. The summed E-state index contributed by atoms with van der Waals surface area (Å²) in [6.07, 6.45) is 2.42. The lowest BCUT2D eigenvalue weighted by molar-refractivity contribution is 0.329. The van der Waals surface area contributed by atoms with Gasteiger partial charge in [-0.05, 0) is 30.9 Å². The number of aliphatic imine (C=N–C) groups is 1. The van der Waals surface area contributed by atoms with Crippen LogP contribution in [0.2, 0.25) is 0 Å². The molecule has 0 aromatic heterocycles. The molecule has 0 spiro atoms. The first kappa shape index (κ1) is 16.8. The summed E-state index contributed by atoms with van der Waals surface area (Å²) < 4.78 is 0. The van der Waals surface area contributed by atoms with E-state index in [1.54, 1.807) is 0 Å². The van der Waals surface area contributed by atoms with E-state index < -0.39 is 0 Å². The van der Waals surface area contributed by atoms with Gasteiger partial charge in [0.15, 0.2) is 5.96 Å². The number of benzene rings is 1. The summed E-state index contributed by atoms with van der Waals surface area (Å²) in [6, 6.07) is 10.8. The molecule has 4 heteroatoms. The minimum atomic E-state index is 0.700. The molecule has 1 aliphatic heterocycles. The summed E-state index contributed by atoms with van der Waals surface area (Å²) in [5, 5.41) is 0. The van der Waals surface area contributed by atoms with Gasteiger partial charge in [0.2, 0.25) is 0 Å². The van der Waals surface area contributed by atoms with Gasteiger partial charge in [-0.3, -0.25) is 4.99 Å². The highest BCUT2D eigenvalue weighted by molar-refractivity contribution is 5.79. The fraction of sp³-hybridized carbons (Fsp3) is 0.611. The van der Waals surface area contributed by atoms with Crippen LogP contribution in [-0.4, -0.2) is 75.0 Å². The van der Waals surface area contributed by atoms with E-state index in [1.165, 1.54) is 31.6 Å². The minimum absolute atomic E-state index is 0.700. The molecule has 2 rings (SSSR count). The Hall–Kier alpha value is -1.55. The van der Waals surface area contributed by atoms with Gasteiger partial charge in [-0.2, -0.15) is 0 Å². The van der Waals surface area contributed by atoms with Gasteiger partial charge in [0.05, 0.1) is 0 Å². The van der Waals surface area contributed by atoms with Gasteiger partial charge in [0, 0.05) is 47.8 Å². The summed E-state index contributed by atoms with van der Waals surface area (Å²) >= 11 is 0. The Labute approximate surface area is 135 Å². The first-order valence-corrected chi connectivity index (χ1v) is 8.21. The predicted molar refractivity (Wildman–Crippen MR) is 94.4 cm³/mol. The maximum absolute atomic E-state index is 4.80. The Balaban J connectivity index is 1.77. The Morgan fingerprint density at radius 3 is 2.45 bits per heavy atom. The molecule has 0 bridgehead atoms. The van der Waals surface area contributed by atoms with Crippen LogP contribution < -0.4 is 0 Å². The van der Waals surface area contributed by atoms with Crippen LogP contribution in [0.1, 0.15) is 12.0 Å². The molecule has 0 saturated carbocycles. The minimum Gasteiger partial charge on any atom is -0.349 e. The predicted octanol–water partition coefficient (Wildman–Crippen LogP) is 2.03. The summed E-state index contributed by atoms with van der Waals surface area (Å²) in [7, 11) is 8.22. The van der Waals surface area contributed by atoms with E-state index in [9.17, 15) is 0 Å². The Bertz CT molecular complexity index is 457. The highest BCUT2D eigenvalue weighted by Gasteiger charge is 2.22. The van der Waals surface area contributed by atoms with Gasteiger partial charge in [-0.15, -0.1) is 0 Å². The number of likely N-dealkylation sites (tertiary alicyclic amines) is 1. The summed E-state index contributed by atoms with van der Waals surface area (Å²) in [5.74, 6) is 1.76. The maximum Gasteiger partial charge on any atom is 0.195 e. The average molecular weight is 302 g/mol. The molecule has 22 heavy (non-hydrogen) atoms. The number of nitrogens with zero attached hydrogens (tertiary/aromatic N) is 4. The van der Waals surface area contributed by atoms with Crippen LogP contribution in [-0.2, 0) is 6.42 Å². The van der Waals surface area contributed by atoms with Crippen molar-refractivity contribution >= 4 is 5.96 Å². The smallest absolute Gasteiger partial charge is 0.195 e. The molecule has 0 aliphatic carbocycles. The summed E-state index contributed by atoms with van der Waals surface area (Å²) in [4.78, 5) is 11.6. The van der Waals surface area contributed by atoms with Crippen molar-refractivity contribution in [3.05, 3.63) is 35.9 Å². The Morgan fingerprint density at radius 1 is 1.14 bits per heavy atom. The van der Waals surface area contributed by atoms with Gasteiger partial charge in [-0.25, -0.2) is 0 Å². The lowest BCUT2D eigenvalue weighted by atomic mass is 10.1. The van der Waals surface area contributed by atoms with Crippen LogP contribution in [0.5, 0.6) is 0 Å². The van der Waals surface area contributed by atoms with Crippen LogP contribution in [0, 0.1) is 5.92 Å². The van der Waals surface area contributed by atoms with E-state index in [0.717, 1.165) is 18.9 Å². The Kier molecular flexibility index (Phi) is 6.25. The molecule has 4 nitrogen and oxygen atoms in total. The highest BCUT2D eigenvalue weighted by atomic mass is 15.3. The second kappa shape index (κ2) is 8.18. The zero-order valence-electron chi connectivity index (χ0n) is 14.5. The lowest BCUT2D eigenvalue weighted by Crippen LogP contribution is -2.36. The second-order valence-electron chi connectivity index (χ2n) is 6.62. The molecule has 0 radical (unpaired) electrons. The van der Waals surface area contributed by atoms with E-state index in [4.69, 9.17) is 4.99 Å². The third kappa shape index (κ3) is 5.02. The van der Waals surface area contributed by atoms with E-state index >= 15 is 0 Å². The molecular weight excluding hydrogens is 272 g/mol. The zero-order valence-corrected chi connectivity index (χ0v) is 14.5. The molecule has 1 atom stereocenters. The van der Waals surface area contributed by atoms with Crippen molar-refractivity contribution < 1.29 is 0 Å². The monoisotopic (exact) mass is 302 g/mol. The third-order valence-corrected chi connectivity index (χ3v) is 4.22. The van der Waals surface area contributed by atoms with Crippen molar-refractivity contribution in [1.29, 1.82) is 0 Å². The molecule has 0 amide bonds. The SMILES string of the molecule is CN(C)C(=NCC1CCN(CCc2ccccc2)C1)N(C)C. The number of hydrogen-bond acceptors (Lipinski definition) is 2. The van der Waals surface area contributed by atoms with Crippen molar-refractivity contribution in [1.82, 2.24) is 14.7 Å². The van der Waals surface area contributed by atoms with Crippen LogP contribution in [0.25, 0.3) is 0 Å². The largest absolute Gasteiger partial charge is 0.349 e. The molecule has 1 unspecified atom stereocenters. The van der Waals surface area contributed by atoms with Crippen molar-refractivity contribution in [2.75, 3.05) is 54.4 Å². The first-order valence-electron chi connectivity index (χ1n) is 8.21. The summed E-state index contributed by atoms with van der Waals surface area (Å²) in [6.45, 7) is 4.50. The van der Waals surface area contributed by atoms with E-state index in [0.29, 0.717) is 5.92 Å². The molecule has 1 saturated heterocycles. The van der Waals surface area contributed by atoms with Crippen LogP contribution >= 0.6 is 0 Å². The molecule has 1 aliphatic rings. The molecule has 1 aromatic carbocycles. The zero-order chi connectivity index (χ0) is 15.9. The van der Waals surface area contributed by atoms with Crippen LogP contribution in [0.15, 0.2) is 35.3 Å². The molecule has 1 aromatic rings. The van der Waals surface area contributed by atoms with Crippen LogP contribution in [0.4, 0.5) is 0 Å². The van der Waals surface area contributed by atoms with Crippen molar-refractivity contribution in [3.8, 4) is 0 Å². The fourth-order valence-corrected chi connectivity index (χ4v) is 3.09. The number of hydrogen-bond donors (Lipinski definition) is 0. The quantitative estimate of drug-likeness (QED) is 0.614. The lowest BCUT2D eigenvalue weighted by Gasteiger charge is -2.23. The van der Waals surface area contributed by atoms with Crippen molar-refractivity contribution in [2.45, 2.75) is 12.8 Å². The highest BCUT2D eigenvalue weighted by Crippen LogP contribution is 2.17. The normalized spacial score (nSPS) is 18.3. The third-order valence-electron chi connectivity index (χ3n) is 4.22. The first-order chi connectivity index (χ1) is 10.6. The van der Waals surface area contributed by atoms with Crippen LogP contribution in [0.3, 0.4) is 0 Å². The van der Waals surface area contributed by atoms with E-state index in [2.05, 4.69) is 73.2 Å². The van der Waals surface area contributed by atoms with Gasteiger partial charge in [-0.1, -0.05) is 30.3 Å². The van der Waals surface area contributed by atoms with Gasteiger partial charge in [0.1, 0.15) is 0 Å². The number of rotatable bonds is 5. The van der Waals surface area contributed by atoms with Gasteiger partial charge in [0.25, 0.3) is 0 Å². The second-order valence-corrected chi connectivity index (χ2v) is 6.62. The van der Waals surface area contributed by atoms with Crippen molar-refractivity contribution in [2.24, 2.45) is 10.9 Å². The molecule has 1 heterocycles. The number of guanidine groups is 1. The van der Waals surface area contributed by atoms with Crippen molar-refractivity contribution in [3.63, 3.8) is 0 Å². The topological polar surface area (TPSA) is 22.1 Å². The van der Waals surface area contributed by atoms with Gasteiger partial charge >= 0.3 is 0 Å². The maximum atomic E-state index is 4.80. The van der Waals surface area contributed by atoms with E-state index in [1.807, 2.05) is 0 Å². The standard InChI is InChI=1S/C18H30N4/c1-20(2)18(21(3)4)19-14-17-11-13-22(15-17)12-10-16-8-6-5-7-9-16/h5-9,17H,10-15H2,1-4H3. The van der Waals surface area contributed by atoms with Gasteiger partial charge < -0.3 is 14.7 Å². The Morgan fingerprint density at radius 2 is 1.82 bits per heavy atom. The fourth-order valence-electron chi connectivity index (χ4n) is 3.09. The molecule has 122 valence electrons. The molecular formula is C18H30N4. The molecule has 0 N–H and O–H groups in total.